The molecule has 3 N–H and O–H groups in total. The van der Waals surface area contributed by atoms with Crippen molar-refractivity contribution in [3.8, 4) is 27.8 Å². The van der Waals surface area contributed by atoms with Gasteiger partial charge in [-0.25, -0.2) is 5.10 Å². The number of nitriles is 1. The van der Waals surface area contributed by atoms with Crippen LogP contribution in [0.1, 0.15) is 11.3 Å². The summed E-state index contributed by atoms with van der Waals surface area (Å²) in [6.45, 7) is 0.214. The Balaban J connectivity index is 1.79. The standard InChI is InChI=1S/C22H16N6OS/c1-28-20(21-16(9-23)13-4-2-3-5-19(13)30-21)17(11-25-28)12-6-7-14-15(8-12)18(10-24)26-27-22(14)29/h2-8,11H,10,24H2,1H3,(H,27,29). The van der Waals surface area contributed by atoms with Crippen LogP contribution in [0.3, 0.4) is 0 Å². The van der Waals surface area contributed by atoms with Crippen molar-refractivity contribution < 1.29 is 0 Å². The lowest BCUT2D eigenvalue weighted by atomic mass is 9.99. The first kappa shape index (κ1) is 18.2. The highest BCUT2D eigenvalue weighted by molar-refractivity contribution is 7.22. The van der Waals surface area contributed by atoms with Crippen LogP contribution in [-0.2, 0) is 13.6 Å². The van der Waals surface area contributed by atoms with Gasteiger partial charge in [-0.05, 0) is 23.8 Å². The van der Waals surface area contributed by atoms with Gasteiger partial charge in [-0.3, -0.25) is 9.48 Å². The van der Waals surface area contributed by atoms with Gasteiger partial charge in [0.05, 0.1) is 33.4 Å². The average molecular weight is 412 g/mol. The number of nitrogens with zero attached hydrogens (tertiary/aromatic N) is 4. The molecule has 2 aromatic carbocycles. The molecular weight excluding hydrogens is 396 g/mol. The molecule has 0 aliphatic heterocycles. The summed E-state index contributed by atoms with van der Waals surface area (Å²) in [5.41, 5.74) is 9.46. The summed E-state index contributed by atoms with van der Waals surface area (Å²) >= 11 is 1.57. The van der Waals surface area contributed by atoms with Gasteiger partial charge in [0, 0.05) is 34.6 Å². The number of fused-ring (bicyclic) bond motifs is 2. The number of nitrogens with one attached hydrogen (secondary N) is 1. The molecule has 5 aromatic rings. The Hall–Kier alpha value is -3.80. The van der Waals surface area contributed by atoms with Gasteiger partial charge in [-0.2, -0.15) is 15.5 Å². The lowest BCUT2D eigenvalue weighted by Gasteiger charge is -2.08. The zero-order chi connectivity index (χ0) is 20.8. The molecule has 0 atom stereocenters. The highest BCUT2D eigenvalue weighted by atomic mass is 32.1. The van der Waals surface area contributed by atoms with E-state index in [-0.39, 0.29) is 12.1 Å². The number of thiophene rings is 1. The van der Waals surface area contributed by atoms with Crippen LogP contribution in [0.4, 0.5) is 0 Å². The van der Waals surface area contributed by atoms with Crippen molar-refractivity contribution in [3.05, 3.63) is 70.3 Å². The fraction of sp³-hybridized carbons (Fsp3) is 0.0909. The van der Waals surface area contributed by atoms with E-state index < -0.39 is 0 Å². The maximum atomic E-state index is 12.2. The van der Waals surface area contributed by atoms with Gasteiger partial charge in [-0.15, -0.1) is 11.3 Å². The number of benzene rings is 2. The molecule has 0 unspecified atom stereocenters. The van der Waals surface area contributed by atoms with Crippen LogP contribution in [0.25, 0.3) is 42.6 Å². The maximum absolute atomic E-state index is 12.2. The van der Waals surface area contributed by atoms with Crippen molar-refractivity contribution in [3.63, 3.8) is 0 Å². The monoisotopic (exact) mass is 412 g/mol. The molecule has 0 amide bonds. The van der Waals surface area contributed by atoms with Gasteiger partial charge in [0.15, 0.2) is 0 Å². The number of hydrogen-bond acceptors (Lipinski definition) is 6. The molecule has 0 aliphatic rings. The van der Waals surface area contributed by atoms with Gasteiger partial charge >= 0.3 is 0 Å². The summed E-state index contributed by atoms with van der Waals surface area (Å²) in [6.07, 6.45) is 1.78. The van der Waals surface area contributed by atoms with E-state index >= 15 is 0 Å². The first-order chi connectivity index (χ1) is 14.6. The van der Waals surface area contributed by atoms with Crippen LogP contribution >= 0.6 is 11.3 Å². The van der Waals surface area contributed by atoms with E-state index in [2.05, 4.69) is 21.4 Å². The van der Waals surface area contributed by atoms with E-state index in [1.165, 1.54) is 0 Å². The van der Waals surface area contributed by atoms with Gasteiger partial charge in [0.2, 0.25) is 0 Å². The van der Waals surface area contributed by atoms with Crippen molar-refractivity contribution in [2.24, 2.45) is 12.8 Å². The molecule has 3 aromatic heterocycles. The van der Waals surface area contributed by atoms with Gasteiger partial charge in [0.25, 0.3) is 5.56 Å². The minimum absolute atomic E-state index is 0.214. The minimum atomic E-state index is -0.253. The Morgan fingerprint density at radius 1 is 1.20 bits per heavy atom. The van der Waals surface area contributed by atoms with Crippen molar-refractivity contribution in [2.75, 3.05) is 0 Å². The predicted molar refractivity (Wildman–Crippen MR) is 118 cm³/mol. The molecule has 146 valence electrons. The number of hydrogen-bond donors (Lipinski definition) is 2. The molecule has 0 saturated carbocycles. The van der Waals surface area contributed by atoms with Crippen molar-refractivity contribution in [1.82, 2.24) is 20.0 Å². The summed E-state index contributed by atoms with van der Waals surface area (Å²) in [5.74, 6) is 0. The van der Waals surface area contributed by atoms with E-state index in [1.54, 1.807) is 28.3 Å². The summed E-state index contributed by atoms with van der Waals surface area (Å²) in [7, 11) is 1.86. The topological polar surface area (TPSA) is 113 Å². The Labute approximate surface area is 175 Å². The zero-order valence-corrected chi connectivity index (χ0v) is 16.8. The van der Waals surface area contributed by atoms with Crippen LogP contribution in [0.15, 0.2) is 53.5 Å². The van der Waals surface area contributed by atoms with Crippen LogP contribution in [0, 0.1) is 11.3 Å². The maximum Gasteiger partial charge on any atom is 0.272 e. The number of nitrogens with two attached hydrogens (primary N) is 1. The molecule has 5 rings (SSSR count). The smallest absolute Gasteiger partial charge is 0.272 e. The summed E-state index contributed by atoms with van der Waals surface area (Å²) in [4.78, 5) is 13.0. The van der Waals surface area contributed by atoms with Crippen LogP contribution in [0.2, 0.25) is 0 Å². The van der Waals surface area contributed by atoms with E-state index in [1.807, 2.05) is 43.4 Å². The second kappa shape index (κ2) is 6.91. The first-order valence-electron chi connectivity index (χ1n) is 9.28. The number of aromatic nitrogens is 4. The Bertz CT molecular complexity index is 1540. The third kappa shape index (κ3) is 2.64. The Morgan fingerprint density at radius 3 is 2.83 bits per heavy atom. The highest BCUT2D eigenvalue weighted by Gasteiger charge is 2.21. The van der Waals surface area contributed by atoms with E-state index in [0.717, 1.165) is 31.8 Å². The van der Waals surface area contributed by atoms with E-state index in [0.29, 0.717) is 22.0 Å². The summed E-state index contributed by atoms with van der Waals surface area (Å²) in [5, 5.41) is 23.1. The average Bonchev–Trinajstić information content (AvgIpc) is 3.33. The zero-order valence-electron chi connectivity index (χ0n) is 16.0. The Morgan fingerprint density at radius 2 is 2.03 bits per heavy atom. The fourth-order valence-corrected chi connectivity index (χ4v) is 5.03. The molecule has 0 saturated heterocycles. The molecule has 7 nitrogen and oxygen atoms in total. The number of H-pyrrole nitrogens is 1. The molecule has 0 bridgehead atoms. The first-order valence-corrected chi connectivity index (χ1v) is 10.1. The Kier molecular flexibility index (Phi) is 4.20. The van der Waals surface area contributed by atoms with Gasteiger partial charge in [0.1, 0.15) is 6.07 Å². The van der Waals surface area contributed by atoms with Crippen LogP contribution in [0.5, 0.6) is 0 Å². The minimum Gasteiger partial charge on any atom is -0.325 e. The molecule has 0 fully saturated rings. The lowest BCUT2D eigenvalue weighted by molar-refractivity contribution is 0.777. The van der Waals surface area contributed by atoms with Crippen molar-refractivity contribution >= 4 is 32.2 Å². The van der Waals surface area contributed by atoms with Gasteiger partial charge in [-0.1, -0.05) is 24.3 Å². The molecule has 8 heteroatoms. The number of aryl methyl sites for hydroxylation is 1. The molecule has 3 heterocycles. The fourth-order valence-electron chi connectivity index (χ4n) is 3.78. The van der Waals surface area contributed by atoms with Crippen LogP contribution < -0.4 is 11.3 Å². The second-order valence-corrected chi connectivity index (χ2v) is 7.96. The molecular formula is C22H16N6OS. The highest BCUT2D eigenvalue weighted by Crippen LogP contribution is 2.42. The SMILES string of the molecule is Cn1ncc(-c2ccc3c(=O)[nH]nc(CN)c3c2)c1-c1sc2ccccc2c1C#N. The molecule has 0 spiro atoms. The predicted octanol–water partition coefficient (Wildman–Crippen LogP) is 3.54. The molecule has 0 radical (unpaired) electrons. The summed E-state index contributed by atoms with van der Waals surface area (Å²) in [6, 6.07) is 15.8. The molecule has 30 heavy (non-hydrogen) atoms. The lowest BCUT2D eigenvalue weighted by Crippen LogP contribution is -2.13. The molecule has 0 aliphatic carbocycles. The number of rotatable bonds is 3. The number of aromatic amines is 1. The normalized spacial score (nSPS) is 11.2. The van der Waals surface area contributed by atoms with E-state index in [4.69, 9.17) is 5.73 Å². The van der Waals surface area contributed by atoms with Gasteiger partial charge < -0.3 is 5.73 Å². The van der Waals surface area contributed by atoms with Crippen molar-refractivity contribution in [2.45, 2.75) is 6.54 Å². The van der Waals surface area contributed by atoms with E-state index in [9.17, 15) is 10.1 Å². The second-order valence-electron chi connectivity index (χ2n) is 6.91. The summed E-state index contributed by atoms with van der Waals surface area (Å²) < 4.78 is 2.83. The largest absolute Gasteiger partial charge is 0.325 e. The third-order valence-corrected chi connectivity index (χ3v) is 6.41. The van der Waals surface area contributed by atoms with Crippen molar-refractivity contribution in [1.29, 1.82) is 5.26 Å². The van der Waals surface area contributed by atoms with Crippen LogP contribution in [-0.4, -0.2) is 20.0 Å². The quantitative estimate of drug-likeness (QED) is 0.471. The third-order valence-electron chi connectivity index (χ3n) is 5.23.